The number of nitrogens with zero attached hydrogens (tertiary/aromatic N) is 3. The fourth-order valence-electron chi connectivity index (χ4n) is 1.47. The topological polar surface area (TPSA) is 67.1 Å². The molecule has 1 aromatic rings. The molecule has 2 heterocycles. The van der Waals surface area contributed by atoms with Crippen molar-refractivity contribution in [1.29, 1.82) is 0 Å². The number of hydrogen-bond donors (Lipinski definition) is 2. The van der Waals surface area contributed by atoms with Crippen LogP contribution in [0.5, 0.6) is 0 Å². The van der Waals surface area contributed by atoms with Crippen LogP contribution in [0.2, 0.25) is 5.28 Å². The molecule has 1 aliphatic heterocycles. The molecule has 1 saturated heterocycles. The number of halogens is 1. The Balaban J connectivity index is 2.05. The first kappa shape index (κ1) is 9.48. The first-order chi connectivity index (χ1) is 6.65. The number of nitrogens with one attached hydrogen (secondary N) is 1. The molecule has 0 saturated carbocycles. The van der Waals surface area contributed by atoms with Crippen molar-refractivity contribution in [2.24, 2.45) is 0 Å². The number of rotatable bonds is 2. The van der Waals surface area contributed by atoms with Gasteiger partial charge in [0.05, 0.1) is 17.9 Å². The Morgan fingerprint density at radius 2 is 2.36 bits per heavy atom. The van der Waals surface area contributed by atoms with Gasteiger partial charge in [-0.05, 0) is 18.6 Å². The lowest BCUT2D eigenvalue weighted by atomic mass is 10.1. The predicted octanol–water partition coefficient (Wildman–Crippen LogP) is 0.438. The summed E-state index contributed by atoms with van der Waals surface area (Å²) in [4.78, 5) is 10.0. The fourth-order valence-corrected chi connectivity index (χ4v) is 1.60. The summed E-state index contributed by atoms with van der Waals surface area (Å²) in [6.07, 6.45) is 1.51. The van der Waals surface area contributed by atoms with Crippen LogP contribution < -0.4 is 11.1 Å². The molecule has 1 aromatic heterocycles. The molecule has 5 nitrogen and oxygen atoms in total. The van der Waals surface area contributed by atoms with Gasteiger partial charge in [-0.3, -0.25) is 0 Å². The van der Waals surface area contributed by atoms with Crippen LogP contribution in [0.25, 0.3) is 0 Å². The molecule has 14 heavy (non-hydrogen) atoms. The molecule has 0 spiro atoms. The molecule has 3 N–H and O–H groups in total. The second-order valence-electron chi connectivity index (χ2n) is 3.51. The first-order valence-electron chi connectivity index (χ1n) is 4.38. The van der Waals surface area contributed by atoms with Gasteiger partial charge in [0.1, 0.15) is 0 Å². The third-order valence-electron chi connectivity index (χ3n) is 2.19. The van der Waals surface area contributed by atoms with Crippen molar-refractivity contribution in [1.82, 2.24) is 14.9 Å². The van der Waals surface area contributed by atoms with Crippen LogP contribution in [-0.2, 0) is 0 Å². The number of aromatic nitrogens is 2. The Bertz CT molecular complexity index is 337. The van der Waals surface area contributed by atoms with E-state index < -0.39 is 0 Å². The van der Waals surface area contributed by atoms with Gasteiger partial charge >= 0.3 is 0 Å². The smallest absolute Gasteiger partial charge is 0.224 e. The van der Waals surface area contributed by atoms with E-state index in [1.54, 1.807) is 0 Å². The Hall–Kier alpha value is -1.07. The van der Waals surface area contributed by atoms with E-state index in [4.69, 9.17) is 17.3 Å². The number of likely N-dealkylation sites (tertiary alicyclic amines) is 1. The van der Waals surface area contributed by atoms with Crippen molar-refractivity contribution in [3.8, 4) is 0 Å². The second-order valence-corrected chi connectivity index (χ2v) is 3.84. The highest BCUT2D eigenvalue weighted by Gasteiger charge is 2.23. The molecular weight excluding hydrogens is 202 g/mol. The highest BCUT2D eigenvalue weighted by Crippen LogP contribution is 2.19. The maximum Gasteiger partial charge on any atom is 0.224 e. The summed E-state index contributed by atoms with van der Waals surface area (Å²) in [6.45, 7) is 2.00. The molecular formula is C8H12ClN5. The molecule has 2 rings (SSSR count). The molecule has 0 unspecified atom stereocenters. The van der Waals surface area contributed by atoms with Crippen molar-refractivity contribution in [2.45, 2.75) is 6.04 Å². The normalized spacial score (nSPS) is 17.9. The van der Waals surface area contributed by atoms with Crippen molar-refractivity contribution < 1.29 is 0 Å². The zero-order valence-corrected chi connectivity index (χ0v) is 8.62. The van der Waals surface area contributed by atoms with E-state index in [9.17, 15) is 0 Å². The highest BCUT2D eigenvalue weighted by atomic mass is 35.5. The van der Waals surface area contributed by atoms with Gasteiger partial charge in [0.25, 0.3) is 0 Å². The van der Waals surface area contributed by atoms with E-state index in [0.29, 0.717) is 17.5 Å². The Morgan fingerprint density at radius 1 is 1.64 bits per heavy atom. The molecule has 1 aliphatic rings. The molecule has 0 radical (unpaired) electrons. The maximum absolute atomic E-state index is 5.69. The number of nitrogens with two attached hydrogens (primary N) is 1. The van der Waals surface area contributed by atoms with Gasteiger partial charge < -0.3 is 16.0 Å². The summed E-state index contributed by atoms with van der Waals surface area (Å²) in [5, 5.41) is 3.43. The number of hydrogen-bond acceptors (Lipinski definition) is 5. The zero-order valence-electron chi connectivity index (χ0n) is 7.87. The van der Waals surface area contributed by atoms with Gasteiger partial charge in [0.2, 0.25) is 5.28 Å². The van der Waals surface area contributed by atoms with Crippen LogP contribution in [0, 0.1) is 0 Å². The highest BCUT2D eigenvalue weighted by molar-refractivity contribution is 6.28. The van der Waals surface area contributed by atoms with Crippen LogP contribution in [0.4, 0.5) is 11.5 Å². The quantitative estimate of drug-likeness (QED) is 0.698. The van der Waals surface area contributed by atoms with Gasteiger partial charge in [-0.2, -0.15) is 4.98 Å². The van der Waals surface area contributed by atoms with Gasteiger partial charge in [-0.1, -0.05) is 0 Å². The zero-order chi connectivity index (χ0) is 10.1. The van der Waals surface area contributed by atoms with Crippen molar-refractivity contribution in [2.75, 3.05) is 31.2 Å². The van der Waals surface area contributed by atoms with Gasteiger partial charge in [-0.15, -0.1) is 0 Å². The lowest BCUT2D eigenvalue weighted by Gasteiger charge is -2.37. The van der Waals surface area contributed by atoms with Crippen LogP contribution >= 0.6 is 11.6 Å². The van der Waals surface area contributed by atoms with Crippen LogP contribution in [0.15, 0.2) is 6.20 Å². The summed E-state index contributed by atoms with van der Waals surface area (Å²) >= 11 is 5.66. The van der Waals surface area contributed by atoms with E-state index in [2.05, 4.69) is 27.2 Å². The van der Waals surface area contributed by atoms with Crippen LogP contribution in [0.3, 0.4) is 0 Å². The summed E-state index contributed by atoms with van der Waals surface area (Å²) in [5.74, 6) is 0.628. The van der Waals surface area contributed by atoms with Crippen LogP contribution in [0.1, 0.15) is 0 Å². The molecule has 76 valence electrons. The minimum atomic E-state index is 0.217. The van der Waals surface area contributed by atoms with Crippen molar-refractivity contribution >= 4 is 23.1 Å². The predicted molar refractivity (Wildman–Crippen MR) is 56.4 cm³/mol. The molecule has 0 aliphatic carbocycles. The third-order valence-corrected chi connectivity index (χ3v) is 2.37. The maximum atomic E-state index is 5.69. The number of nitrogen functional groups attached to an aromatic ring is 1. The van der Waals surface area contributed by atoms with Gasteiger partial charge in [-0.25, -0.2) is 4.98 Å². The second kappa shape index (κ2) is 3.59. The summed E-state index contributed by atoms with van der Waals surface area (Å²) in [5.41, 5.74) is 6.22. The monoisotopic (exact) mass is 213 g/mol. The first-order valence-corrected chi connectivity index (χ1v) is 4.76. The Morgan fingerprint density at radius 3 is 3.00 bits per heavy atom. The van der Waals surface area contributed by atoms with E-state index in [1.807, 2.05) is 0 Å². The fraction of sp³-hybridized carbons (Fsp3) is 0.500. The lowest BCUT2D eigenvalue weighted by molar-refractivity contribution is 0.205. The Kier molecular flexibility index (Phi) is 2.43. The van der Waals surface area contributed by atoms with Crippen molar-refractivity contribution in [3.63, 3.8) is 0 Å². The summed E-state index contributed by atoms with van der Waals surface area (Å²) < 4.78 is 0. The SMILES string of the molecule is CN1CC(Nc2nc(Cl)ncc2N)C1. The standard InChI is InChI=1S/C8H12ClN5/c1-14-3-5(4-14)12-7-6(10)2-11-8(9)13-7/h2,5H,3-4,10H2,1H3,(H,11,12,13). The van der Waals surface area contributed by atoms with E-state index in [0.717, 1.165) is 13.1 Å². The van der Waals surface area contributed by atoms with E-state index >= 15 is 0 Å². The number of anilines is 2. The van der Waals surface area contributed by atoms with E-state index in [1.165, 1.54) is 6.20 Å². The molecule has 0 amide bonds. The van der Waals surface area contributed by atoms with E-state index in [-0.39, 0.29) is 5.28 Å². The lowest BCUT2D eigenvalue weighted by Crippen LogP contribution is -2.52. The van der Waals surface area contributed by atoms with Crippen molar-refractivity contribution in [3.05, 3.63) is 11.5 Å². The minimum Gasteiger partial charge on any atom is -0.394 e. The molecule has 6 heteroatoms. The number of likely N-dealkylation sites (N-methyl/N-ethyl adjacent to an activating group) is 1. The molecule has 0 bridgehead atoms. The molecule has 0 atom stereocenters. The molecule has 0 aromatic carbocycles. The minimum absolute atomic E-state index is 0.217. The Labute approximate surface area is 87.3 Å². The van der Waals surface area contributed by atoms with Gasteiger partial charge in [0, 0.05) is 13.1 Å². The summed E-state index contributed by atoms with van der Waals surface area (Å²) in [6, 6.07) is 0.410. The third kappa shape index (κ3) is 1.88. The summed E-state index contributed by atoms with van der Waals surface area (Å²) in [7, 11) is 2.06. The van der Waals surface area contributed by atoms with Gasteiger partial charge in [0.15, 0.2) is 5.82 Å². The molecule has 1 fully saturated rings. The largest absolute Gasteiger partial charge is 0.394 e. The van der Waals surface area contributed by atoms with Crippen LogP contribution in [-0.4, -0.2) is 41.0 Å². The average molecular weight is 214 g/mol. The average Bonchev–Trinajstić information content (AvgIpc) is 2.09.